The van der Waals surface area contributed by atoms with E-state index in [0.29, 0.717) is 24.4 Å². The summed E-state index contributed by atoms with van der Waals surface area (Å²) in [5, 5.41) is 0. The third-order valence-corrected chi connectivity index (χ3v) is 2.04. The first-order chi connectivity index (χ1) is 5.59. The van der Waals surface area contributed by atoms with Crippen LogP contribution in [-0.4, -0.2) is 24.4 Å². The molecule has 12 heavy (non-hydrogen) atoms. The summed E-state index contributed by atoms with van der Waals surface area (Å²) in [5.41, 5.74) is 0. The van der Waals surface area contributed by atoms with Crippen LogP contribution >= 0.6 is 0 Å². The summed E-state index contributed by atoms with van der Waals surface area (Å²) in [6.07, 6.45) is 3.69. The van der Waals surface area contributed by atoms with Gasteiger partial charge in [0.2, 0.25) is 0 Å². The fourth-order valence-electron chi connectivity index (χ4n) is 1.45. The van der Waals surface area contributed by atoms with E-state index in [2.05, 4.69) is 27.7 Å². The van der Waals surface area contributed by atoms with Gasteiger partial charge in [-0.2, -0.15) is 0 Å². The third-order valence-electron chi connectivity index (χ3n) is 2.04. The van der Waals surface area contributed by atoms with Crippen molar-refractivity contribution >= 4 is 0 Å². The molecule has 1 rings (SSSR count). The molecule has 1 fully saturated rings. The van der Waals surface area contributed by atoms with Crippen LogP contribution in [0.15, 0.2) is 0 Å². The zero-order valence-corrected chi connectivity index (χ0v) is 8.54. The second-order valence-corrected chi connectivity index (χ2v) is 4.02. The minimum atomic E-state index is 0.327. The topological polar surface area (TPSA) is 18.5 Å². The highest BCUT2D eigenvalue weighted by Crippen LogP contribution is 2.28. The van der Waals surface area contributed by atoms with Crippen molar-refractivity contribution in [2.45, 2.75) is 65.0 Å². The van der Waals surface area contributed by atoms with Crippen LogP contribution in [0.3, 0.4) is 0 Å². The third kappa shape index (κ3) is 2.76. The first kappa shape index (κ1) is 10.0. The standard InChI is InChI=1S/C10H20O2/c1-7(2)11-9-5-6-10(9)12-8(3)4/h7-10H,5-6H2,1-4H3/t9-,10-/m0/s1. The van der Waals surface area contributed by atoms with Gasteiger partial charge < -0.3 is 9.47 Å². The highest BCUT2D eigenvalue weighted by atomic mass is 16.6. The molecule has 0 N–H and O–H groups in total. The van der Waals surface area contributed by atoms with E-state index >= 15 is 0 Å². The number of hydrogen-bond donors (Lipinski definition) is 0. The zero-order valence-electron chi connectivity index (χ0n) is 8.54. The van der Waals surface area contributed by atoms with Crippen molar-refractivity contribution in [3.8, 4) is 0 Å². The van der Waals surface area contributed by atoms with Crippen LogP contribution < -0.4 is 0 Å². The van der Waals surface area contributed by atoms with E-state index in [1.165, 1.54) is 0 Å². The lowest BCUT2D eigenvalue weighted by Crippen LogP contribution is -2.43. The number of hydrogen-bond acceptors (Lipinski definition) is 2. The molecule has 0 unspecified atom stereocenters. The van der Waals surface area contributed by atoms with Crippen molar-refractivity contribution in [2.24, 2.45) is 0 Å². The van der Waals surface area contributed by atoms with Gasteiger partial charge in [-0.15, -0.1) is 0 Å². The van der Waals surface area contributed by atoms with Crippen LogP contribution in [0.2, 0.25) is 0 Å². The summed E-state index contributed by atoms with van der Waals surface area (Å²) in [4.78, 5) is 0. The molecule has 1 aliphatic carbocycles. The Morgan fingerprint density at radius 2 is 1.17 bits per heavy atom. The Morgan fingerprint density at radius 3 is 1.33 bits per heavy atom. The van der Waals surface area contributed by atoms with Crippen molar-refractivity contribution in [1.82, 2.24) is 0 Å². The zero-order chi connectivity index (χ0) is 9.14. The van der Waals surface area contributed by atoms with Crippen LogP contribution in [0.4, 0.5) is 0 Å². The van der Waals surface area contributed by atoms with Crippen LogP contribution in [0.25, 0.3) is 0 Å². The minimum absolute atomic E-state index is 0.327. The van der Waals surface area contributed by atoms with Crippen LogP contribution in [-0.2, 0) is 9.47 Å². The average Bonchev–Trinajstić information content (AvgIpc) is 1.93. The summed E-state index contributed by atoms with van der Waals surface area (Å²) < 4.78 is 11.3. The lowest BCUT2D eigenvalue weighted by atomic mass is 9.91. The van der Waals surface area contributed by atoms with Gasteiger partial charge >= 0.3 is 0 Å². The maximum absolute atomic E-state index is 5.67. The molecule has 0 saturated heterocycles. The van der Waals surface area contributed by atoms with Crippen LogP contribution in [0.1, 0.15) is 40.5 Å². The monoisotopic (exact) mass is 172 g/mol. The van der Waals surface area contributed by atoms with E-state index < -0.39 is 0 Å². The van der Waals surface area contributed by atoms with Gasteiger partial charge in [0.05, 0.1) is 24.4 Å². The van der Waals surface area contributed by atoms with E-state index in [9.17, 15) is 0 Å². The molecule has 0 aromatic heterocycles. The molecule has 2 heteroatoms. The largest absolute Gasteiger partial charge is 0.373 e. The number of rotatable bonds is 4. The van der Waals surface area contributed by atoms with Crippen LogP contribution in [0, 0.1) is 0 Å². The Bertz CT molecular complexity index is 116. The molecule has 0 aromatic carbocycles. The van der Waals surface area contributed by atoms with Gasteiger partial charge in [-0.05, 0) is 40.5 Å². The summed E-state index contributed by atoms with van der Waals surface area (Å²) in [6.45, 7) is 8.30. The SMILES string of the molecule is CC(C)O[C@H]1CC[C@@H]1OC(C)C. The molecule has 1 aliphatic rings. The van der Waals surface area contributed by atoms with E-state index in [4.69, 9.17) is 9.47 Å². The Hall–Kier alpha value is -0.0800. The van der Waals surface area contributed by atoms with E-state index in [0.717, 1.165) is 12.8 Å². The molecule has 0 heterocycles. The highest BCUT2D eigenvalue weighted by Gasteiger charge is 2.33. The average molecular weight is 172 g/mol. The molecule has 0 spiro atoms. The van der Waals surface area contributed by atoms with E-state index in [1.807, 2.05) is 0 Å². The lowest BCUT2D eigenvalue weighted by Gasteiger charge is -2.38. The summed E-state index contributed by atoms with van der Waals surface area (Å²) in [7, 11) is 0. The molecule has 0 aliphatic heterocycles. The maximum atomic E-state index is 5.67. The fourth-order valence-corrected chi connectivity index (χ4v) is 1.45. The molecule has 1 saturated carbocycles. The molecule has 72 valence electrons. The van der Waals surface area contributed by atoms with Crippen molar-refractivity contribution in [1.29, 1.82) is 0 Å². The first-order valence-corrected chi connectivity index (χ1v) is 4.90. The molecular weight excluding hydrogens is 152 g/mol. The molecule has 0 bridgehead atoms. The molecule has 2 atom stereocenters. The van der Waals surface area contributed by atoms with Gasteiger partial charge in [-0.1, -0.05) is 0 Å². The Labute approximate surface area is 75.2 Å². The molecule has 2 nitrogen and oxygen atoms in total. The van der Waals surface area contributed by atoms with Crippen molar-refractivity contribution in [3.63, 3.8) is 0 Å². The Kier molecular flexibility index (Phi) is 3.53. The highest BCUT2D eigenvalue weighted by molar-refractivity contribution is 4.83. The van der Waals surface area contributed by atoms with E-state index in [1.54, 1.807) is 0 Å². The summed E-state index contributed by atoms with van der Waals surface area (Å²) in [5.74, 6) is 0. The lowest BCUT2D eigenvalue weighted by molar-refractivity contribution is -0.158. The molecule has 0 radical (unpaired) electrons. The summed E-state index contributed by atoms with van der Waals surface area (Å²) in [6, 6.07) is 0. The normalized spacial score (nSPS) is 29.5. The van der Waals surface area contributed by atoms with Crippen molar-refractivity contribution < 1.29 is 9.47 Å². The maximum Gasteiger partial charge on any atom is 0.0841 e. The van der Waals surface area contributed by atoms with Gasteiger partial charge in [-0.3, -0.25) is 0 Å². The van der Waals surface area contributed by atoms with Crippen molar-refractivity contribution in [2.75, 3.05) is 0 Å². The first-order valence-electron chi connectivity index (χ1n) is 4.90. The predicted octanol–water partition coefficient (Wildman–Crippen LogP) is 2.37. The summed E-state index contributed by atoms with van der Waals surface area (Å²) >= 11 is 0. The Balaban J connectivity index is 2.20. The van der Waals surface area contributed by atoms with Gasteiger partial charge in [-0.25, -0.2) is 0 Å². The smallest absolute Gasteiger partial charge is 0.0841 e. The molecule has 0 amide bonds. The number of ether oxygens (including phenoxy) is 2. The quantitative estimate of drug-likeness (QED) is 0.648. The van der Waals surface area contributed by atoms with Gasteiger partial charge in [0.1, 0.15) is 0 Å². The van der Waals surface area contributed by atoms with Gasteiger partial charge in [0.15, 0.2) is 0 Å². The van der Waals surface area contributed by atoms with Gasteiger partial charge in [0.25, 0.3) is 0 Å². The minimum Gasteiger partial charge on any atom is -0.373 e. The van der Waals surface area contributed by atoms with Gasteiger partial charge in [0, 0.05) is 0 Å². The fraction of sp³-hybridized carbons (Fsp3) is 1.00. The second-order valence-electron chi connectivity index (χ2n) is 4.02. The van der Waals surface area contributed by atoms with Crippen molar-refractivity contribution in [3.05, 3.63) is 0 Å². The van der Waals surface area contributed by atoms with E-state index in [-0.39, 0.29) is 0 Å². The second kappa shape index (κ2) is 4.24. The molecular formula is C10H20O2. The molecule has 0 aromatic rings. The van der Waals surface area contributed by atoms with Crippen LogP contribution in [0.5, 0.6) is 0 Å². The predicted molar refractivity (Wildman–Crippen MR) is 49.3 cm³/mol. The Morgan fingerprint density at radius 1 is 0.833 bits per heavy atom.